The Morgan fingerprint density at radius 3 is 1.07 bits per heavy atom. The van der Waals surface area contributed by atoms with Crippen molar-refractivity contribution in [1.82, 2.24) is 10.6 Å². The number of rotatable bonds is 34. The molecule has 0 aromatic heterocycles. The van der Waals surface area contributed by atoms with E-state index in [4.69, 9.17) is 0 Å². The van der Waals surface area contributed by atoms with Crippen molar-refractivity contribution in [3.05, 3.63) is 24.3 Å². The molecule has 0 aliphatic heterocycles. The number of amides is 2. The molecular formula is C42H76CaN4O12+2. The molecule has 6 N–H and O–H groups in total. The first-order chi connectivity index (χ1) is 27.5. The molecule has 336 valence electrons. The number of aliphatic carboxylic acids is 4. The van der Waals surface area contributed by atoms with Crippen LogP contribution in [0.1, 0.15) is 106 Å². The van der Waals surface area contributed by atoms with Crippen LogP contribution < -0.4 is 20.8 Å². The second-order valence-electron chi connectivity index (χ2n) is 15.0. The summed E-state index contributed by atoms with van der Waals surface area (Å²) in [6, 6.07) is 0. The van der Waals surface area contributed by atoms with Crippen molar-refractivity contribution in [2.45, 2.75) is 106 Å². The predicted octanol–water partition coefficient (Wildman–Crippen LogP) is 0.709. The minimum atomic E-state index is -1.18. The molecule has 0 aromatic rings. The number of quaternary nitrogens is 2. The third kappa shape index (κ3) is 27.8. The number of hydrogen-bond donors (Lipinski definition) is 6. The molecule has 0 saturated heterocycles. The van der Waals surface area contributed by atoms with E-state index in [0.29, 0.717) is 64.5 Å². The van der Waals surface area contributed by atoms with Crippen LogP contribution in [0, 0.1) is 23.7 Å². The number of carbonyl (C=O) groups is 6. The quantitative estimate of drug-likeness (QED) is 0.0297. The first-order valence-corrected chi connectivity index (χ1v) is 21.1. The largest absolute Gasteiger partial charge is 2.00 e. The van der Waals surface area contributed by atoms with Crippen LogP contribution in [0.4, 0.5) is 0 Å². The molecule has 0 radical (unpaired) electrons. The zero-order valence-corrected chi connectivity index (χ0v) is 39.0. The van der Waals surface area contributed by atoms with Gasteiger partial charge in [-0.15, -0.1) is 0 Å². The molecule has 0 fully saturated rings. The molecule has 16 nitrogen and oxygen atoms in total. The summed E-state index contributed by atoms with van der Waals surface area (Å²) in [5.41, 5.74) is 0. The van der Waals surface area contributed by atoms with Gasteiger partial charge in [0, 0.05) is 24.7 Å². The second-order valence-corrected chi connectivity index (χ2v) is 15.0. The van der Waals surface area contributed by atoms with Crippen molar-refractivity contribution in [2.75, 3.05) is 78.7 Å². The van der Waals surface area contributed by atoms with E-state index >= 15 is 0 Å². The van der Waals surface area contributed by atoms with Gasteiger partial charge in [-0.2, -0.15) is 0 Å². The Hall–Kier alpha value is -2.60. The van der Waals surface area contributed by atoms with Gasteiger partial charge in [-0.3, -0.25) is 19.2 Å². The van der Waals surface area contributed by atoms with E-state index in [1.807, 2.05) is 38.2 Å². The zero-order chi connectivity index (χ0) is 44.6. The van der Waals surface area contributed by atoms with Crippen molar-refractivity contribution >= 4 is 73.4 Å². The molecule has 0 aromatic carbocycles. The summed E-state index contributed by atoms with van der Waals surface area (Å²) in [5, 5.41) is 66.8. The first-order valence-electron chi connectivity index (χ1n) is 21.1. The normalized spacial score (nSPS) is 15.3. The van der Waals surface area contributed by atoms with E-state index in [0.717, 1.165) is 12.8 Å². The van der Waals surface area contributed by atoms with Crippen molar-refractivity contribution in [3.8, 4) is 0 Å². The monoisotopic (exact) mass is 869 g/mol. The first kappa shape index (κ1) is 60.7. The van der Waals surface area contributed by atoms with Gasteiger partial charge in [-0.25, -0.2) is 0 Å². The Morgan fingerprint density at radius 1 is 0.525 bits per heavy atom. The van der Waals surface area contributed by atoms with Gasteiger partial charge in [0.15, 0.2) is 0 Å². The number of allylic oxidation sites excluding steroid dienone is 4. The van der Waals surface area contributed by atoms with E-state index < -0.39 is 47.5 Å². The van der Waals surface area contributed by atoms with Crippen molar-refractivity contribution in [2.24, 2.45) is 23.7 Å². The number of nitrogens with one attached hydrogen (secondary N) is 2. The van der Waals surface area contributed by atoms with Gasteiger partial charge in [0.2, 0.25) is 11.8 Å². The summed E-state index contributed by atoms with van der Waals surface area (Å²) in [6.45, 7) is 13.1. The van der Waals surface area contributed by atoms with Crippen LogP contribution in [0.5, 0.6) is 0 Å². The van der Waals surface area contributed by atoms with Gasteiger partial charge in [-0.1, -0.05) is 65.8 Å². The standard InChI is InChI=1S/2C21H38N2O6.Ca/c2*1-4-7-8-9-10-19(25)22-11-12-23(13-14-24,15-17(5-2)20(26)27)16-18(6-3)21(28)29;/h2*7-8,17-18,24H,4-6,9-16H2,1-3H3,(H2-,22,25,26,27,28,29);/q;;+2/b2*8-7+;. The molecule has 2 amide bonds. The van der Waals surface area contributed by atoms with E-state index in [2.05, 4.69) is 10.6 Å². The maximum atomic E-state index is 12.0. The summed E-state index contributed by atoms with van der Waals surface area (Å²) in [4.78, 5) is 70.2. The SMILES string of the molecule is CC/C=C/CCC(=O)NCC[N+](CCO)(CC(CC)C(=O)[O-])CC(CC)C(=O)O.CC/C=C/CCC(=O)NCC[N+](CCO)(CC(CC)C(=O)[O-])CC(CC)C(=O)O.[Ca+2]. The summed E-state index contributed by atoms with van der Waals surface area (Å²) < 4.78 is 0.230. The average molecular weight is 869 g/mol. The molecular weight excluding hydrogens is 793 g/mol. The van der Waals surface area contributed by atoms with Crippen molar-refractivity contribution in [3.63, 3.8) is 0 Å². The molecule has 0 rings (SSSR count). The molecule has 59 heavy (non-hydrogen) atoms. The third-order valence-corrected chi connectivity index (χ3v) is 10.6. The molecule has 17 heteroatoms. The number of aliphatic hydroxyl groups excluding tert-OH is 2. The average Bonchev–Trinajstić information content (AvgIpc) is 3.17. The molecule has 0 saturated carbocycles. The van der Waals surface area contributed by atoms with Crippen LogP contribution >= 0.6 is 0 Å². The minimum absolute atomic E-state index is 0. The summed E-state index contributed by atoms with van der Waals surface area (Å²) in [7, 11) is 0. The number of carboxylic acid groups (broad SMARTS) is 4. The fraction of sp³-hybridized carbons (Fsp3) is 0.762. The van der Waals surface area contributed by atoms with E-state index in [1.165, 1.54) is 0 Å². The van der Waals surface area contributed by atoms with Gasteiger partial charge in [0.05, 0.1) is 77.5 Å². The minimum Gasteiger partial charge on any atom is -0.550 e. The Bertz CT molecular complexity index is 1120. The fourth-order valence-corrected chi connectivity index (χ4v) is 6.94. The van der Waals surface area contributed by atoms with E-state index in [1.54, 1.807) is 27.7 Å². The van der Waals surface area contributed by atoms with Crippen LogP contribution in [0.3, 0.4) is 0 Å². The molecule has 6 unspecified atom stereocenters. The summed E-state index contributed by atoms with van der Waals surface area (Å²) in [6.07, 6.45) is 13.3. The van der Waals surface area contributed by atoms with Crippen molar-refractivity contribution < 1.29 is 68.4 Å². The third-order valence-electron chi connectivity index (χ3n) is 10.6. The Labute approximate surface area is 382 Å². The smallest absolute Gasteiger partial charge is 0.550 e. The van der Waals surface area contributed by atoms with E-state index in [-0.39, 0.29) is 124 Å². The fourth-order valence-electron chi connectivity index (χ4n) is 6.94. The van der Waals surface area contributed by atoms with Crippen LogP contribution in [0.15, 0.2) is 24.3 Å². The Morgan fingerprint density at radius 2 is 0.831 bits per heavy atom. The number of hydrogen-bond acceptors (Lipinski definition) is 10. The van der Waals surface area contributed by atoms with Crippen LogP contribution in [0.2, 0.25) is 0 Å². The number of aliphatic hydroxyl groups is 2. The molecule has 0 aliphatic carbocycles. The van der Waals surface area contributed by atoms with Crippen LogP contribution in [-0.4, -0.2) is 181 Å². The zero-order valence-electron chi connectivity index (χ0n) is 36.8. The van der Waals surface area contributed by atoms with Gasteiger partial charge in [0.25, 0.3) is 0 Å². The summed E-state index contributed by atoms with van der Waals surface area (Å²) in [5.74, 6) is -7.26. The predicted molar refractivity (Wildman–Crippen MR) is 223 cm³/mol. The van der Waals surface area contributed by atoms with Crippen LogP contribution in [0.25, 0.3) is 0 Å². The van der Waals surface area contributed by atoms with Crippen LogP contribution in [-0.2, 0) is 28.8 Å². The molecule has 0 spiro atoms. The van der Waals surface area contributed by atoms with Crippen molar-refractivity contribution in [1.29, 1.82) is 0 Å². The van der Waals surface area contributed by atoms with Gasteiger partial charge in [-0.05, 0) is 51.4 Å². The Kier molecular flexibility index (Phi) is 37.1. The topological polar surface area (TPSA) is 254 Å². The van der Waals surface area contributed by atoms with E-state index in [9.17, 15) is 59.4 Å². The Balaban J connectivity index is -0.00000105. The number of nitrogens with zero attached hydrogens (tertiary/aromatic N) is 2. The summed E-state index contributed by atoms with van der Waals surface area (Å²) >= 11 is 0. The molecule has 0 heterocycles. The van der Waals surface area contributed by atoms with Gasteiger partial charge >= 0.3 is 49.7 Å². The maximum Gasteiger partial charge on any atom is 2.00 e. The molecule has 0 bridgehead atoms. The van der Waals surface area contributed by atoms with Gasteiger partial charge < -0.3 is 59.8 Å². The second kappa shape index (κ2) is 36.1. The van der Waals surface area contributed by atoms with Gasteiger partial charge in [0.1, 0.15) is 24.9 Å². The number of carbonyl (C=O) groups excluding carboxylic acids is 4. The number of carboxylic acids is 4. The molecule has 0 aliphatic rings. The maximum absolute atomic E-state index is 12.0. The molecule has 6 atom stereocenters.